The monoisotopic (exact) mass is 259 g/mol. The molecule has 4 N–H and O–H groups in total. The van der Waals surface area contributed by atoms with E-state index < -0.39 is 0 Å². The number of nitrogens with one attached hydrogen (secondary N) is 2. The lowest BCUT2D eigenvalue weighted by Gasteiger charge is -2.15. The van der Waals surface area contributed by atoms with Gasteiger partial charge in [-0.25, -0.2) is 4.98 Å². The first-order chi connectivity index (χ1) is 9.10. The summed E-state index contributed by atoms with van der Waals surface area (Å²) in [5.74, 6) is 0.892. The summed E-state index contributed by atoms with van der Waals surface area (Å²) in [6, 6.07) is 7.62. The molecule has 0 saturated heterocycles. The summed E-state index contributed by atoms with van der Waals surface area (Å²) in [5, 5.41) is 7.03. The molecule has 1 amide bonds. The van der Waals surface area contributed by atoms with Crippen LogP contribution in [0, 0.1) is 0 Å². The van der Waals surface area contributed by atoms with Gasteiger partial charge in [0.2, 0.25) is 11.9 Å². The summed E-state index contributed by atoms with van der Waals surface area (Å²) in [6.45, 7) is 1.89. The van der Waals surface area contributed by atoms with Crippen LogP contribution in [0.4, 0.5) is 11.8 Å². The van der Waals surface area contributed by atoms with E-state index in [-0.39, 0.29) is 18.4 Å². The molecule has 0 saturated carbocycles. The molecule has 2 aromatic rings. The van der Waals surface area contributed by atoms with E-state index in [9.17, 15) is 4.79 Å². The van der Waals surface area contributed by atoms with Crippen LogP contribution in [0.15, 0.2) is 24.3 Å². The molecule has 1 atom stereocenters. The molecule has 1 aromatic carbocycles. The summed E-state index contributed by atoms with van der Waals surface area (Å²) < 4.78 is 0. The number of primary amides is 1. The Labute approximate surface area is 111 Å². The van der Waals surface area contributed by atoms with Gasteiger partial charge in [-0.15, -0.1) is 0 Å². The van der Waals surface area contributed by atoms with E-state index in [4.69, 9.17) is 5.73 Å². The fourth-order valence-electron chi connectivity index (χ4n) is 1.88. The Morgan fingerprint density at radius 2 is 2.11 bits per heavy atom. The van der Waals surface area contributed by atoms with Crippen molar-refractivity contribution in [2.45, 2.75) is 19.4 Å². The van der Waals surface area contributed by atoms with Crippen molar-refractivity contribution in [2.75, 3.05) is 17.7 Å². The van der Waals surface area contributed by atoms with Crippen molar-refractivity contribution in [1.29, 1.82) is 0 Å². The van der Waals surface area contributed by atoms with E-state index in [0.717, 1.165) is 10.9 Å². The normalized spacial score (nSPS) is 12.1. The molecule has 1 heterocycles. The molecule has 6 nitrogen and oxygen atoms in total. The number of carbonyl (C=O) groups excluding carboxylic acids is 1. The third-order valence-corrected chi connectivity index (χ3v) is 2.72. The van der Waals surface area contributed by atoms with Crippen molar-refractivity contribution in [3.63, 3.8) is 0 Å². The number of amides is 1. The van der Waals surface area contributed by atoms with Gasteiger partial charge in [-0.05, 0) is 19.1 Å². The topological polar surface area (TPSA) is 92.9 Å². The molecule has 0 aliphatic rings. The van der Waals surface area contributed by atoms with Crippen LogP contribution < -0.4 is 16.4 Å². The first kappa shape index (κ1) is 13.1. The van der Waals surface area contributed by atoms with Gasteiger partial charge in [0.15, 0.2) is 0 Å². The van der Waals surface area contributed by atoms with E-state index in [0.29, 0.717) is 11.8 Å². The SMILES string of the molecule is CNc1nc(NC(C)CC(N)=O)c2ccccc2n1. The first-order valence-corrected chi connectivity index (χ1v) is 6.09. The quantitative estimate of drug-likeness (QED) is 0.753. The highest BCUT2D eigenvalue weighted by Crippen LogP contribution is 2.22. The summed E-state index contributed by atoms with van der Waals surface area (Å²) in [4.78, 5) is 19.7. The van der Waals surface area contributed by atoms with Gasteiger partial charge in [0.25, 0.3) is 0 Å². The largest absolute Gasteiger partial charge is 0.370 e. The zero-order valence-electron chi connectivity index (χ0n) is 11.0. The summed E-state index contributed by atoms with van der Waals surface area (Å²) >= 11 is 0. The molecule has 6 heteroatoms. The first-order valence-electron chi connectivity index (χ1n) is 6.09. The molecule has 0 bridgehead atoms. The zero-order chi connectivity index (χ0) is 13.8. The molecule has 2 rings (SSSR count). The average Bonchev–Trinajstić information content (AvgIpc) is 2.37. The maximum absolute atomic E-state index is 10.9. The number of nitrogens with zero attached hydrogens (tertiary/aromatic N) is 2. The molecule has 0 aliphatic carbocycles. The minimum Gasteiger partial charge on any atom is -0.370 e. The molecule has 0 aliphatic heterocycles. The Kier molecular flexibility index (Phi) is 3.79. The van der Waals surface area contributed by atoms with E-state index in [2.05, 4.69) is 20.6 Å². The standard InChI is InChI=1S/C13H17N5O/c1-8(7-11(14)19)16-12-9-5-3-4-6-10(9)17-13(15-2)18-12/h3-6,8H,7H2,1-2H3,(H2,14,19)(H2,15,16,17,18). The Morgan fingerprint density at radius 1 is 1.37 bits per heavy atom. The maximum Gasteiger partial charge on any atom is 0.224 e. The minimum atomic E-state index is -0.341. The summed E-state index contributed by atoms with van der Waals surface area (Å²) in [6.07, 6.45) is 0.257. The van der Waals surface area contributed by atoms with Gasteiger partial charge < -0.3 is 16.4 Å². The molecule has 19 heavy (non-hydrogen) atoms. The third-order valence-electron chi connectivity index (χ3n) is 2.72. The second kappa shape index (κ2) is 5.51. The van der Waals surface area contributed by atoms with Crippen LogP contribution in [-0.2, 0) is 4.79 Å². The van der Waals surface area contributed by atoms with Crippen LogP contribution in [0.2, 0.25) is 0 Å². The lowest BCUT2D eigenvalue weighted by atomic mass is 10.2. The number of aromatic nitrogens is 2. The van der Waals surface area contributed by atoms with Gasteiger partial charge in [-0.1, -0.05) is 12.1 Å². The highest BCUT2D eigenvalue weighted by molar-refractivity contribution is 5.90. The molecule has 100 valence electrons. The van der Waals surface area contributed by atoms with E-state index in [1.807, 2.05) is 31.2 Å². The van der Waals surface area contributed by atoms with Crippen molar-refractivity contribution in [3.05, 3.63) is 24.3 Å². The van der Waals surface area contributed by atoms with Gasteiger partial charge in [-0.3, -0.25) is 4.79 Å². The van der Waals surface area contributed by atoms with Crippen LogP contribution in [-0.4, -0.2) is 29.0 Å². The molecule has 1 unspecified atom stereocenters. The number of hydrogen-bond donors (Lipinski definition) is 3. The Hall–Kier alpha value is -2.37. The highest BCUT2D eigenvalue weighted by atomic mass is 16.1. The average molecular weight is 259 g/mol. The Morgan fingerprint density at radius 3 is 2.79 bits per heavy atom. The molecular formula is C13H17N5O. The predicted molar refractivity (Wildman–Crippen MR) is 76.0 cm³/mol. The number of hydrogen-bond acceptors (Lipinski definition) is 5. The maximum atomic E-state index is 10.9. The van der Waals surface area contributed by atoms with E-state index >= 15 is 0 Å². The fraction of sp³-hybridized carbons (Fsp3) is 0.308. The van der Waals surface area contributed by atoms with Crippen LogP contribution >= 0.6 is 0 Å². The highest BCUT2D eigenvalue weighted by Gasteiger charge is 2.11. The van der Waals surface area contributed by atoms with Crippen LogP contribution in [0.3, 0.4) is 0 Å². The number of benzene rings is 1. The fourth-order valence-corrected chi connectivity index (χ4v) is 1.88. The lowest BCUT2D eigenvalue weighted by molar-refractivity contribution is -0.118. The number of para-hydroxylation sites is 1. The van der Waals surface area contributed by atoms with E-state index in [1.165, 1.54) is 0 Å². The van der Waals surface area contributed by atoms with Crippen molar-refractivity contribution in [1.82, 2.24) is 9.97 Å². The number of carbonyl (C=O) groups is 1. The smallest absolute Gasteiger partial charge is 0.224 e. The lowest BCUT2D eigenvalue weighted by Crippen LogP contribution is -2.24. The number of nitrogens with two attached hydrogens (primary N) is 1. The molecule has 1 aromatic heterocycles. The zero-order valence-corrected chi connectivity index (χ0v) is 11.0. The predicted octanol–water partition coefficient (Wildman–Crippen LogP) is 1.35. The summed E-state index contributed by atoms with van der Waals surface area (Å²) in [7, 11) is 1.76. The minimum absolute atomic E-state index is 0.0829. The van der Waals surface area contributed by atoms with Crippen LogP contribution in [0.5, 0.6) is 0 Å². The Balaban J connectivity index is 2.37. The van der Waals surface area contributed by atoms with Crippen molar-refractivity contribution >= 4 is 28.6 Å². The second-order valence-corrected chi connectivity index (χ2v) is 4.38. The number of fused-ring (bicyclic) bond motifs is 1. The molecule has 0 radical (unpaired) electrons. The van der Waals surface area contributed by atoms with Gasteiger partial charge in [0.05, 0.1) is 5.52 Å². The van der Waals surface area contributed by atoms with Crippen molar-refractivity contribution in [2.24, 2.45) is 5.73 Å². The van der Waals surface area contributed by atoms with Gasteiger partial charge in [-0.2, -0.15) is 4.98 Å². The molecular weight excluding hydrogens is 242 g/mol. The van der Waals surface area contributed by atoms with Crippen LogP contribution in [0.1, 0.15) is 13.3 Å². The van der Waals surface area contributed by atoms with Crippen molar-refractivity contribution < 1.29 is 4.79 Å². The molecule has 0 fully saturated rings. The molecule has 0 spiro atoms. The third kappa shape index (κ3) is 3.09. The van der Waals surface area contributed by atoms with Crippen molar-refractivity contribution in [3.8, 4) is 0 Å². The number of anilines is 2. The van der Waals surface area contributed by atoms with Crippen LogP contribution in [0.25, 0.3) is 10.9 Å². The second-order valence-electron chi connectivity index (χ2n) is 4.38. The van der Waals surface area contributed by atoms with Gasteiger partial charge in [0.1, 0.15) is 5.82 Å². The number of rotatable bonds is 5. The van der Waals surface area contributed by atoms with Gasteiger partial charge in [0, 0.05) is 24.9 Å². The summed E-state index contributed by atoms with van der Waals surface area (Å²) in [5.41, 5.74) is 6.03. The van der Waals surface area contributed by atoms with Gasteiger partial charge >= 0.3 is 0 Å². The van der Waals surface area contributed by atoms with E-state index in [1.54, 1.807) is 7.05 Å². The Bertz CT molecular complexity index is 599.